The van der Waals surface area contributed by atoms with Crippen LogP contribution in [0.3, 0.4) is 0 Å². The van der Waals surface area contributed by atoms with Crippen LogP contribution in [0.25, 0.3) is 0 Å². The Labute approximate surface area is 98.7 Å². The number of ether oxygens (including phenoxy) is 1. The van der Waals surface area contributed by atoms with Gasteiger partial charge < -0.3 is 4.74 Å². The molecular weight excluding hydrogens is 230 g/mol. The molecule has 0 aliphatic heterocycles. The molecule has 0 radical (unpaired) electrons. The zero-order chi connectivity index (χ0) is 13.1. The second-order valence-electron chi connectivity index (χ2n) is 4.66. The van der Waals surface area contributed by atoms with Gasteiger partial charge in [0.25, 0.3) is 0 Å². The Balaban J connectivity index is 2.44. The topological polar surface area (TPSA) is 50.4 Å². The second-order valence-corrected chi connectivity index (χ2v) is 4.66. The van der Waals surface area contributed by atoms with E-state index >= 15 is 0 Å². The lowest BCUT2D eigenvalue weighted by Gasteiger charge is -2.22. The van der Waals surface area contributed by atoms with Crippen molar-refractivity contribution in [3.63, 3.8) is 0 Å². The lowest BCUT2D eigenvalue weighted by Crippen LogP contribution is -2.42. The molecule has 0 saturated carbocycles. The third-order valence-corrected chi connectivity index (χ3v) is 1.86. The van der Waals surface area contributed by atoms with E-state index in [4.69, 9.17) is 4.74 Å². The van der Waals surface area contributed by atoms with E-state index < -0.39 is 23.7 Å². The predicted octanol–water partition coefficient (Wildman–Crippen LogP) is 2.49. The van der Waals surface area contributed by atoms with Crippen LogP contribution in [0.4, 0.5) is 13.6 Å². The first-order valence-corrected chi connectivity index (χ1v) is 5.23. The smallest absolute Gasteiger partial charge is 0.426 e. The van der Waals surface area contributed by atoms with Gasteiger partial charge in [-0.1, -0.05) is 0 Å². The molecule has 0 aromatic heterocycles. The first kappa shape index (κ1) is 13.5. The van der Waals surface area contributed by atoms with Crippen molar-refractivity contribution in [1.82, 2.24) is 10.9 Å². The SMILES string of the molecule is CC(C)(C)OC(=O)NNC1=CC=C(F)CC1F. The molecule has 0 aromatic rings. The van der Waals surface area contributed by atoms with Crippen molar-refractivity contribution in [2.24, 2.45) is 0 Å². The van der Waals surface area contributed by atoms with E-state index in [1.54, 1.807) is 20.8 Å². The number of nitrogens with one attached hydrogen (secondary N) is 2. The summed E-state index contributed by atoms with van der Waals surface area (Å²) in [6.07, 6.45) is -0.152. The van der Waals surface area contributed by atoms with Gasteiger partial charge in [0.1, 0.15) is 17.6 Å². The summed E-state index contributed by atoms with van der Waals surface area (Å²) in [5, 5.41) is 0. The molecule has 1 aliphatic carbocycles. The molecule has 0 aromatic carbocycles. The molecule has 1 unspecified atom stereocenters. The summed E-state index contributed by atoms with van der Waals surface area (Å²) in [5.74, 6) is -0.527. The number of alkyl halides is 1. The van der Waals surface area contributed by atoms with Gasteiger partial charge in [-0.15, -0.1) is 0 Å². The Kier molecular flexibility index (Phi) is 4.09. The van der Waals surface area contributed by atoms with Gasteiger partial charge >= 0.3 is 6.09 Å². The highest BCUT2D eigenvalue weighted by atomic mass is 19.1. The van der Waals surface area contributed by atoms with E-state index in [9.17, 15) is 13.6 Å². The Hall–Kier alpha value is -1.59. The fraction of sp³-hybridized carbons (Fsp3) is 0.545. The third-order valence-electron chi connectivity index (χ3n) is 1.86. The zero-order valence-corrected chi connectivity index (χ0v) is 10.0. The van der Waals surface area contributed by atoms with Crippen LogP contribution in [-0.2, 0) is 4.74 Å². The number of rotatable bonds is 2. The van der Waals surface area contributed by atoms with Gasteiger partial charge in [-0.2, -0.15) is 0 Å². The minimum Gasteiger partial charge on any atom is -0.443 e. The number of allylic oxidation sites excluding steroid dienone is 4. The molecule has 1 atom stereocenters. The van der Waals surface area contributed by atoms with Crippen LogP contribution in [0.15, 0.2) is 23.7 Å². The van der Waals surface area contributed by atoms with Crippen molar-refractivity contribution < 1.29 is 18.3 Å². The molecule has 96 valence electrons. The van der Waals surface area contributed by atoms with Crippen molar-refractivity contribution >= 4 is 6.09 Å². The van der Waals surface area contributed by atoms with E-state index in [0.29, 0.717) is 0 Å². The highest BCUT2D eigenvalue weighted by Crippen LogP contribution is 2.20. The summed E-state index contributed by atoms with van der Waals surface area (Å²) < 4.78 is 30.9. The second kappa shape index (κ2) is 5.16. The van der Waals surface area contributed by atoms with E-state index in [2.05, 4.69) is 10.9 Å². The molecule has 1 aliphatic rings. The van der Waals surface area contributed by atoms with Crippen LogP contribution >= 0.6 is 0 Å². The fourth-order valence-electron chi connectivity index (χ4n) is 1.18. The van der Waals surface area contributed by atoms with Crippen molar-refractivity contribution in [3.8, 4) is 0 Å². The number of carbonyl (C=O) groups is 1. The van der Waals surface area contributed by atoms with E-state index in [0.717, 1.165) is 6.08 Å². The predicted molar refractivity (Wildman–Crippen MR) is 59.3 cm³/mol. The number of halogens is 2. The Morgan fingerprint density at radius 1 is 1.47 bits per heavy atom. The van der Waals surface area contributed by atoms with Gasteiger partial charge in [0.05, 0.1) is 5.70 Å². The minimum absolute atomic E-state index is 0.0947. The molecule has 1 amide bonds. The first-order valence-electron chi connectivity index (χ1n) is 5.23. The molecule has 4 nitrogen and oxygen atoms in total. The van der Waals surface area contributed by atoms with Crippen LogP contribution in [0.2, 0.25) is 0 Å². The Bertz CT molecular complexity index is 359. The number of hydrogen-bond acceptors (Lipinski definition) is 3. The molecule has 2 N–H and O–H groups in total. The van der Waals surface area contributed by atoms with E-state index in [1.807, 2.05) is 0 Å². The monoisotopic (exact) mass is 246 g/mol. The Morgan fingerprint density at radius 2 is 2.12 bits per heavy atom. The van der Waals surface area contributed by atoms with Crippen molar-refractivity contribution in [2.75, 3.05) is 0 Å². The van der Waals surface area contributed by atoms with Crippen molar-refractivity contribution in [3.05, 3.63) is 23.7 Å². The molecule has 6 heteroatoms. The maximum absolute atomic E-state index is 13.3. The lowest BCUT2D eigenvalue weighted by atomic mass is 10.1. The molecule has 0 saturated heterocycles. The first-order chi connectivity index (χ1) is 7.78. The number of carbonyl (C=O) groups excluding carboxylic acids is 1. The lowest BCUT2D eigenvalue weighted by molar-refractivity contribution is 0.0502. The Morgan fingerprint density at radius 3 is 2.65 bits per heavy atom. The van der Waals surface area contributed by atoms with Gasteiger partial charge in [-0.3, -0.25) is 5.43 Å². The summed E-state index contributed by atoms with van der Waals surface area (Å²) in [6.45, 7) is 5.13. The average Bonchev–Trinajstić information content (AvgIpc) is 2.13. The highest BCUT2D eigenvalue weighted by Gasteiger charge is 2.20. The largest absolute Gasteiger partial charge is 0.443 e. The van der Waals surface area contributed by atoms with Crippen LogP contribution in [0.1, 0.15) is 27.2 Å². The summed E-state index contributed by atoms with van der Waals surface area (Å²) in [4.78, 5) is 11.2. The maximum Gasteiger partial charge on any atom is 0.426 e. The van der Waals surface area contributed by atoms with Crippen LogP contribution in [0, 0.1) is 0 Å². The molecule has 0 fully saturated rings. The normalized spacial score (nSPS) is 20.2. The van der Waals surface area contributed by atoms with Gasteiger partial charge in [0, 0.05) is 6.42 Å². The zero-order valence-electron chi connectivity index (χ0n) is 10.0. The third kappa shape index (κ3) is 4.84. The average molecular weight is 246 g/mol. The molecule has 17 heavy (non-hydrogen) atoms. The summed E-state index contributed by atoms with van der Waals surface area (Å²) in [5.41, 5.74) is 4.01. The molecular formula is C11H16F2N2O2. The number of amides is 1. The van der Waals surface area contributed by atoms with E-state index in [-0.39, 0.29) is 12.1 Å². The highest BCUT2D eigenvalue weighted by molar-refractivity contribution is 5.67. The molecule has 0 bridgehead atoms. The summed E-state index contributed by atoms with van der Waals surface area (Å²) in [6, 6.07) is 0. The number of hydrazine groups is 1. The van der Waals surface area contributed by atoms with Crippen LogP contribution in [-0.4, -0.2) is 17.9 Å². The maximum atomic E-state index is 13.3. The van der Waals surface area contributed by atoms with Gasteiger partial charge in [0.15, 0.2) is 0 Å². The summed E-state index contributed by atoms with van der Waals surface area (Å²) >= 11 is 0. The molecule has 0 spiro atoms. The summed E-state index contributed by atoms with van der Waals surface area (Å²) in [7, 11) is 0. The van der Waals surface area contributed by atoms with Gasteiger partial charge in [0.2, 0.25) is 0 Å². The fourth-order valence-corrected chi connectivity index (χ4v) is 1.18. The van der Waals surface area contributed by atoms with Gasteiger partial charge in [-0.05, 0) is 32.9 Å². The van der Waals surface area contributed by atoms with Crippen molar-refractivity contribution in [1.29, 1.82) is 0 Å². The number of hydrogen-bond donors (Lipinski definition) is 2. The van der Waals surface area contributed by atoms with Crippen molar-refractivity contribution in [2.45, 2.75) is 39.0 Å². The van der Waals surface area contributed by atoms with Gasteiger partial charge in [-0.25, -0.2) is 19.0 Å². The molecule has 0 heterocycles. The van der Waals surface area contributed by atoms with Crippen LogP contribution in [0.5, 0.6) is 0 Å². The quantitative estimate of drug-likeness (QED) is 0.736. The van der Waals surface area contributed by atoms with E-state index in [1.165, 1.54) is 6.08 Å². The standard InChI is InChI=1S/C11H16F2N2O2/c1-11(2,3)17-10(16)15-14-9-5-4-7(12)6-8(9)13/h4-5,8,14H,6H2,1-3H3,(H,15,16). The molecule has 1 rings (SSSR count). The minimum atomic E-state index is -1.49. The van der Waals surface area contributed by atoms with Crippen LogP contribution < -0.4 is 10.9 Å².